The molecular weight excluding hydrogens is 324 g/mol. The maximum Gasteiger partial charge on any atom is 0.254 e. The maximum atomic E-state index is 13.2. The molecule has 2 amide bonds. The lowest BCUT2D eigenvalue weighted by Crippen LogP contribution is -2.38. The highest BCUT2D eigenvalue weighted by Gasteiger charge is 2.40. The van der Waals surface area contributed by atoms with Crippen molar-refractivity contribution in [1.29, 1.82) is 0 Å². The predicted octanol–water partition coefficient (Wildman–Crippen LogP) is 3.34. The maximum absolute atomic E-state index is 13.2. The minimum absolute atomic E-state index is 0.0624. The SMILES string of the molecule is CN(C(=O)c1ccccc1-c1ccccc1)[C@H]1C[C@H]2CNC(=O)C[C@H]2C1. The monoisotopic (exact) mass is 348 g/mol. The van der Waals surface area contributed by atoms with Crippen molar-refractivity contribution in [3.63, 3.8) is 0 Å². The van der Waals surface area contributed by atoms with E-state index in [0.29, 0.717) is 18.3 Å². The Kier molecular flexibility index (Phi) is 4.49. The molecule has 4 nitrogen and oxygen atoms in total. The molecule has 2 aromatic rings. The minimum atomic E-state index is 0.0624. The Bertz CT molecular complexity index is 818. The van der Waals surface area contributed by atoms with Crippen LogP contribution in [-0.2, 0) is 4.79 Å². The van der Waals surface area contributed by atoms with Crippen molar-refractivity contribution in [3.8, 4) is 11.1 Å². The van der Waals surface area contributed by atoms with Crippen molar-refractivity contribution in [3.05, 3.63) is 60.2 Å². The number of carbonyl (C=O) groups excluding carboxylic acids is 2. The standard InChI is InChI=1S/C22H24N2O2/c1-24(18-11-16-13-21(25)23-14-17(16)12-18)22(26)20-10-6-5-9-19(20)15-7-3-2-4-8-15/h2-10,16-18H,11-14H2,1H3,(H,23,25)/t16-,17+,18-/m1/s1. The van der Waals surface area contributed by atoms with Gasteiger partial charge in [-0.05, 0) is 41.9 Å². The van der Waals surface area contributed by atoms with Gasteiger partial charge in [-0.2, -0.15) is 0 Å². The molecule has 2 aromatic carbocycles. The zero-order chi connectivity index (χ0) is 18.1. The minimum Gasteiger partial charge on any atom is -0.356 e. The van der Waals surface area contributed by atoms with Gasteiger partial charge >= 0.3 is 0 Å². The van der Waals surface area contributed by atoms with Gasteiger partial charge in [0.15, 0.2) is 0 Å². The van der Waals surface area contributed by atoms with Crippen molar-refractivity contribution >= 4 is 11.8 Å². The molecular formula is C22H24N2O2. The van der Waals surface area contributed by atoms with E-state index in [0.717, 1.165) is 36.1 Å². The van der Waals surface area contributed by atoms with Gasteiger partial charge in [0.1, 0.15) is 0 Å². The molecule has 1 aliphatic carbocycles. The molecule has 0 aromatic heterocycles. The van der Waals surface area contributed by atoms with Crippen LogP contribution in [0, 0.1) is 11.8 Å². The van der Waals surface area contributed by atoms with E-state index in [2.05, 4.69) is 5.32 Å². The molecule has 0 bridgehead atoms. The van der Waals surface area contributed by atoms with Gasteiger partial charge in [-0.25, -0.2) is 0 Å². The Balaban J connectivity index is 1.56. The second kappa shape index (κ2) is 6.94. The number of rotatable bonds is 3. The van der Waals surface area contributed by atoms with Crippen LogP contribution < -0.4 is 5.32 Å². The molecule has 134 valence electrons. The smallest absolute Gasteiger partial charge is 0.254 e. The molecule has 4 rings (SSSR count). The lowest BCUT2D eigenvalue weighted by molar-refractivity contribution is -0.124. The van der Waals surface area contributed by atoms with E-state index >= 15 is 0 Å². The van der Waals surface area contributed by atoms with Crippen LogP contribution in [0.4, 0.5) is 0 Å². The Labute approximate surface area is 154 Å². The van der Waals surface area contributed by atoms with E-state index in [9.17, 15) is 9.59 Å². The lowest BCUT2D eigenvalue weighted by Gasteiger charge is -2.26. The van der Waals surface area contributed by atoms with Crippen LogP contribution in [0.1, 0.15) is 29.6 Å². The highest BCUT2D eigenvalue weighted by molar-refractivity contribution is 6.01. The summed E-state index contributed by atoms with van der Waals surface area (Å²) in [7, 11) is 1.90. The van der Waals surface area contributed by atoms with E-state index in [1.54, 1.807) is 0 Å². The Morgan fingerprint density at radius 2 is 1.69 bits per heavy atom. The molecule has 26 heavy (non-hydrogen) atoms. The third-order valence-corrected chi connectivity index (χ3v) is 5.94. The van der Waals surface area contributed by atoms with Gasteiger partial charge in [-0.15, -0.1) is 0 Å². The van der Waals surface area contributed by atoms with Gasteiger partial charge in [0.2, 0.25) is 5.91 Å². The summed E-state index contributed by atoms with van der Waals surface area (Å²) >= 11 is 0. The third-order valence-electron chi connectivity index (χ3n) is 5.94. The van der Waals surface area contributed by atoms with E-state index in [-0.39, 0.29) is 17.9 Å². The normalized spacial score (nSPS) is 24.7. The van der Waals surface area contributed by atoms with Gasteiger partial charge in [-0.1, -0.05) is 48.5 Å². The van der Waals surface area contributed by atoms with Crippen LogP contribution in [0.25, 0.3) is 11.1 Å². The Hall–Kier alpha value is -2.62. The zero-order valence-corrected chi connectivity index (χ0v) is 15.0. The number of nitrogens with one attached hydrogen (secondary N) is 1. The summed E-state index contributed by atoms with van der Waals surface area (Å²) in [5.74, 6) is 1.12. The quantitative estimate of drug-likeness (QED) is 0.925. The number of hydrogen-bond donors (Lipinski definition) is 1. The first-order chi connectivity index (χ1) is 12.6. The average Bonchev–Trinajstić information content (AvgIpc) is 3.10. The van der Waals surface area contributed by atoms with Gasteiger partial charge in [0.05, 0.1) is 0 Å². The molecule has 1 saturated carbocycles. The van der Waals surface area contributed by atoms with Gasteiger partial charge in [-0.3, -0.25) is 9.59 Å². The zero-order valence-electron chi connectivity index (χ0n) is 15.0. The van der Waals surface area contributed by atoms with Crippen LogP contribution >= 0.6 is 0 Å². The van der Waals surface area contributed by atoms with Crippen LogP contribution in [0.15, 0.2) is 54.6 Å². The molecule has 0 radical (unpaired) electrons. The number of carbonyl (C=O) groups is 2. The Morgan fingerprint density at radius 1 is 1.00 bits per heavy atom. The highest BCUT2D eigenvalue weighted by Crippen LogP contribution is 2.39. The summed E-state index contributed by atoms with van der Waals surface area (Å²) < 4.78 is 0. The number of hydrogen-bond acceptors (Lipinski definition) is 2. The first kappa shape index (κ1) is 16.8. The average molecular weight is 348 g/mol. The van der Waals surface area contributed by atoms with Crippen molar-refractivity contribution in [2.75, 3.05) is 13.6 Å². The molecule has 1 N–H and O–H groups in total. The summed E-state index contributed by atoms with van der Waals surface area (Å²) in [5, 5.41) is 2.96. The van der Waals surface area contributed by atoms with Crippen LogP contribution in [0.5, 0.6) is 0 Å². The number of benzene rings is 2. The molecule has 3 atom stereocenters. The highest BCUT2D eigenvalue weighted by atomic mass is 16.2. The first-order valence-corrected chi connectivity index (χ1v) is 9.32. The second-order valence-corrected chi connectivity index (χ2v) is 7.48. The fourth-order valence-corrected chi connectivity index (χ4v) is 4.45. The fourth-order valence-electron chi connectivity index (χ4n) is 4.45. The van der Waals surface area contributed by atoms with Crippen molar-refractivity contribution < 1.29 is 9.59 Å². The molecule has 2 aliphatic rings. The largest absolute Gasteiger partial charge is 0.356 e. The number of fused-ring (bicyclic) bond motifs is 1. The summed E-state index contributed by atoms with van der Waals surface area (Å²) in [5.41, 5.74) is 2.77. The molecule has 2 fully saturated rings. The van der Waals surface area contributed by atoms with Gasteiger partial charge in [0.25, 0.3) is 5.91 Å². The molecule has 1 heterocycles. The predicted molar refractivity (Wildman–Crippen MR) is 102 cm³/mol. The summed E-state index contributed by atoms with van der Waals surface area (Å²) in [6, 6.07) is 18.1. The third kappa shape index (κ3) is 3.12. The lowest BCUT2D eigenvalue weighted by atomic mass is 9.89. The number of nitrogens with zero attached hydrogens (tertiary/aromatic N) is 1. The molecule has 1 saturated heterocycles. The van der Waals surface area contributed by atoms with Crippen molar-refractivity contribution in [1.82, 2.24) is 10.2 Å². The summed E-state index contributed by atoms with van der Waals surface area (Å²) in [4.78, 5) is 26.8. The topological polar surface area (TPSA) is 49.4 Å². The van der Waals surface area contributed by atoms with E-state index in [4.69, 9.17) is 0 Å². The molecule has 0 unspecified atom stereocenters. The first-order valence-electron chi connectivity index (χ1n) is 9.32. The fraction of sp³-hybridized carbons (Fsp3) is 0.364. The van der Waals surface area contributed by atoms with Crippen LogP contribution in [-0.4, -0.2) is 36.3 Å². The summed E-state index contributed by atoms with van der Waals surface area (Å²) in [6.07, 6.45) is 2.50. The summed E-state index contributed by atoms with van der Waals surface area (Å²) in [6.45, 7) is 0.753. The van der Waals surface area contributed by atoms with Crippen LogP contribution in [0.3, 0.4) is 0 Å². The van der Waals surface area contributed by atoms with Crippen molar-refractivity contribution in [2.24, 2.45) is 11.8 Å². The molecule has 4 heteroatoms. The number of amides is 2. The second-order valence-electron chi connectivity index (χ2n) is 7.48. The molecule has 0 spiro atoms. The van der Waals surface area contributed by atoms with E-state index in [1.807, 2.05) is 66.5 Å². The van der Waals surface area contributed by atoms with Crippen LogP contribution in [0.2, 0.25) is 0 Å². The van der Waals surface area contributed by atoms with E-state index < -0.39 is 0 Å². The molecule has 1 aliphatic heterocycles. The number of piperidine rings is 1. The van der Waals surface area contributed by atoms with Gasteiger partial charge < -0.3 is 10.2 Å². The van der Waals surface area contributed by atoms with E-state index in [1.165, 1.54) is 0 Å². The van der Waals surface area contributed by atoms with Crippen molar-refractivity contribution in [2.45, 2.75) is 25.3 Å². The van der Waals surface area contributed by atoms with Gasteiger partial charge in [0, 0.05) is 31.6 Å². The Morgan fingerprint density at radius 3 is 2.50 bits per heavy atom.